The van der Waals surface area contributed by atoms with Gasteiger partial charge in [-0.3, -0.25) is 0 Å². The summed E-state index contributed by atoms with van der Waals surface area (Å²) in [5.41, 5.74) is 1.97. The number of phenolic OH excluding ortho intramolecular Hbond substituents is 3. The third-order valence-corrected chi connectivity index (χ3v) is 8.75. The Bertz CT molecular complexity index is 662. The van der Waals surface area contributed by atoms with Crippen molar-refractivity contribution in [2.24, 2.45) is 5.41 Å². The largest absolute Gasteiger partial charge is 0.507 e. The topological polar surface area (TPSA) is 60.7 Å². The maximum absolute atomic E-state index is 10.7. The maximum Gasteiger partial charge on any atom is 0.164 e. The molecule has 0 aliphatic heterocycles. The molecule has 0 atom stereocenters. The number of halogens is 1. The van der Waals surface area contributed by atoms with E-state index in [0.29, 0.717) is 20.8 Å². The number of alkyl halides is 1. The molecule has 1 aromatic rings. The Morgan fingerprint density at radius 1 is 0.821 bits per heavy atom. The Hall–Kier alpha value is -0.650. The van der Waals surface area contributed by atoms with Crippen LogP contribution < -0.4 is 0 Å². The van der Waals surface area contributed by atoms with E-state index in [0.717, 1.165) is 37.7 Å². The number of rotatable bonds is 13. The molecule has 0 heterocycles. The number of hydrogen-bond donors (Lipinski definition) is 3. The zero-order valence-electron chi connectivity index (χ0n) is 17.4. The highest BCUT2D eigenvalue weighted by Crippen LogP contribution is 2.52. The van der Waals surface area contributed by atoms with Crippen LogP contribution >= 0.6 is 22.6 Å². The Kier molecular flexibility index (Phi) is 7.43. The molecule has 2 aliphatic carbocycles. The van der Waals surface area contributed by atoms with Gasteiger partial charge in [0.15, 0.2) is 11.5 Å². The van der Waals surface area contributed by atoms with E-state index in [1.165, 1.54) is 57.8 Å². The minimum Gasteiger partial charge on any atom is -0.507 e. The van der Waals surface area contributed by atoms with Crippen molar-refractivity contribution in [2.75, 3.05) is 0 Å². The standard InChI is InChI=1S/C24H37IO3/c1-2-23(13-14-23)11-7-3-5-9-18-17-20(26)22(28)19(21(18)27)10-6-4-8-12-24(25)15-16-24/h17,26-28H,2-16H2,1H3. The van der Waals surface area contributed by atoms with E-state index < -0.39 is 0 Å². The van der Waals surface area contributed by atoms with Gasteiger partial charge in [-0.2, -0.15) is 0 Å². The first-order valence-electron chi connectivity index (χ1n) is 11.3. The van der Waals surface area contributed by atoms with E-state index in [1.54, 1.807) is 6.07 Å². The third kappa shape index (κ3) is 5.93. The van der Waals surface area contributed by atoms with Crippen LogP contribution in [-0.2, 0) is 12.8 Å². The van der Waals surface area contributed by atoms with Gasteiger partial charge in [0, 0.05) is 8.99 Å². The Morgan fingerprint density at radius 2 is 1.46 bits per heavy atom. The fourth-order valence-electron chi connectivity index (χ4n) is 4.45. The number of aromatic hydroxyl groups is 3. The second-order valence-corrected chi connectivity index (χ2v) is 11.6. The van der Waals surface area contributed by atoms with Gasteiger partial charge in [-0.1, -0.05) is 61.6 Å². The number of hydrogen-bond acceptors (Lipinski definition) is 3. The number of aryl methyl sites for hydroxylation is 1. The van der Waals surface area contributed by atoms with Crippen molar-refractivity contribution in [1.82, 2.24) is 0 Å². The van der Waals surface area contributed by atoms with E-state index in [2.05, 4.69) is 29.5 Å². The maximum atomic E-state index is 10.7. The lowest BCUT2D eigenvalue weighted by Gasteiger charge is -2.14. The van der Waals surface area contributed by atoms with Gasteiger partial charge < -0.3 is 15.3 Å². The second-order valence-electron chi connectivity index (χ2n) is 9.36. The summed E-state index contributed by atoms with van der Waals surface area (Å²) in [5, 5.41) is 31.0. The van der Waals surface area contributed by atoms with E-state index in [4.69, 9.17) is 0 Å². The Morgan fingerprint density at radius 3 is 2.07 bits per heavy atom. The predicted molar refractivity (Wildman–Crippen MR) is 124 cm³/mol. The van der Waals surface area contributed by atoms with Gasteiger partial charge in [0.25, 0.3) is 0 Å². The third-order valence-electron chi connectivity index (χ3n) is 7.13. The molecule has 0 saturated heterocycles. The molecule has 28 heavy (non-hydrogen) atoms. The molecule has 0 amide bonds. The molecule has 2 saturated carbocycles. The lowest BCUT2D eigenvalue weighted by molar-refractivity contribution is 0.385. The molecule has 2 fully saturated rings. The molecule has 4 heteroatoms. The first-order chi connectivity index (χ1) is 13.4. The summed E-state index contributed by atoms with van der Waals surface area (Å²) >= 11 is 2.59. The lowest BCUT2D eigenvalue weighted by atomic mass is 9.94. The van der Waals surface area contributed by atoms with Gasteiger partial charge in [-0.15, -0.1) is 0 Å². The summed E-state index contributed by atoms with van der Waals surface area (Å²) in [5.74, 6) is -0.0163. The minimum atomic E-state index is -0.132. The van der Waals surface area contributed by atoms with Crippen molar-refractivity contribution in [3.63, 3.8) is 0 Å². The van der Waals surface area contributed by atoms with Crippen LogP contribution in [0.2, 0.25) is 0 Å². The van der Waals surface area contributed by atoms with Crippen LogP contribution in [0.4, 0.5) is 0 Å². The molecule has 158 valence electrons. The Labute approximate surface area is 184 Å². The lowest BCUT2D eigenvalue weighted by Crippen LogP contribution is -1.98. The predicted octanol–water partition coefficient (Wildman–Crippen LogP) is 7.17. The molecule has 0 unspecified atom stereocenters. The van der Waals surface area contributed by atoms with Crippen LogP contribution in [-0.4, -0.2) is 18.7 Å². The molecule has 3 N–H and O–H groups in total. The van der Waals surface area contributed by atoms with E-state index in [1.807, 2.05) is 0 Å². The van der Waals surface area contributed by atoms with E-state index >= 15 is 0 Å². The fourth-order valence-corrected chi connectivity index (χ4v) is 5.10. The van der Waals surface area contributed by atoms with Crippen LogP contribution in [0.5, 0.6) is 17.2 Å². The average Bonchev–Trinajstić information content (AvgIpc) is 3.60. The fraction of sp³-hybridized carbons (Fsp3) is 0.750. The van der Waals surface area contributed by atoms with Crippen LogP contribution in [0.1, 0.15) is 102 Å². The average molecular weight is 500 g/mol. The molecule has 3 rings (SSSR count). The first kappa shape index (κ1) is 22.0. The van der Waals surface area contributed by atoms with Crippen molar-refractivity contribution in [1.29, 1.82) is 0 Å². The van der Waals surface area contributed by atoms with Crippen molar-refractivity contribution >= 4 is 22.6 Å². The van der Waals surface area contributed by atoms with Crippen molar-refractivity contribution in [2.45, 2.75) is 107 Å². The van der Waals surface area contributed by atoms with Crippen LogP contribution in [0, 0.1) is 5.41 Å². The summed E-state index contributed by atoms with van der Waals surface area (Å²) in [6.07, 6.45) is 17.5. The second kappa shape index (κ2) is 9.44. The van der Waals surface area contributed by atoms with Gasteiger partial charge in [0.05, 0.1) is 0 Å². The molecule has 3 nitrogen and oxygen atoms in total. The van der Waals surface area contributed by atoms with E-state index in [9.17, 15) is 15.3 Å². The van der Waals surface area contributed by atoms with Crippen molar-refractivity contribution < 1.29 is 15.3 Å². The number of phenols is 3. The summed E-state index contributed by atoms with van der Waals surface area (Å²) < 4.78 is 0.566. The highest BCUT2D eigenvalue weighted by Gasteiger charge is 2.39. The van der Waals surface area contributed by atoms with Gasteiger partial charge in [-0.05, 0) is 81.3 Å². The van der Waals surface area contributed by atoms with Crippen LogP contribution in [0.3, 0.4) is 0 Å². The number of benzene rings is 1. The molecule has 0 bridgehead atoms. The number of unbranched alkanes of at least 4 members (excludes halogenated alkanes) is 4. The summed E-state index contributed by atoms with van der Waals surface area (Å²) in [7, 11) is 0. The molecule has 0 spiro atoms. The SMILES string of the molecule is CCC1(CCCCCc2cc(O)c(O)c(CCCCCC3(I)CC3)c2O)CC1. The summed E-state index contributed by atoms with van der Waals surface area (Å²) in [6.45, 7) is 2.30. The van der Waals surface area contributed by atoms with E-state index in [-0.39, 0.29) is 17.2 Å². The molecule has 0 aromatic heterocycles. The van der Waals surface area contributed by atoms with Crippen LogP contribution in [0.15, 0.2) is 6.07 Å². The normalized spacial score (nSPS) is 18.9. The summed E-state index contributed by atoms with van der Waals surface area (Å²) in [4.78, 5) is 0. The first-order valence-corrected chi connectivity index (χ1v) is 12.4. The zero-order valence-corrected chi connectivity index (χ0v) is 19.6. The van der Waals surface area contributed by atoms with Crippen molar-refractivity contribution in [3.05, 3.63) is 17.2 Å². The minimum absolute atomic E-state index is 0.0880. The molecule has 2 aliphatic rings. The molecule has 0 radical (unpaired) electrons. The quantitative estimate of drug-likeness (QED) is 0.0885. The zero-order chi connectivity index (χ0) is 20.2. The van der Waals surface area contributed by atoms with Gasteiger partial charge in [0.2, 0.25) is 0 Å². The smallest absolute Gasteiger partial charge is 0.164 e. The highest BCUT2D eigenvalue weighted by atomic mass is 127. The molecular formula is C24H37IO3. The monoisotopic (exact) mass is 500 g/mol. The molecular weight excluding hydrogens is 463 g/mol. The van der Waals surface area contributed by atoms with Gasteiger partial charge >= 0.3 is 0 Å². The summed E-state index contributed by atoms with van der Waals surface area (Å²) in [6, 6.07) is 1.55. The van der Waals surface area contributed by atoms with Crippen molar-refractivity contribution in [3.8, 4) is 17.2 Å². The van der Waals surface area contributed by atoms with Crippen LogP contribution in [0.25, 0.3) is 0 Å². The Balaban J connectivity index is 1.44. The highest BCUT2D eigenvalue weighted by molar-refractivity contribution is 14.1. The van der Waals surface area contributed by atoms with Gasteiger partial charge in [-0.25, -0.2) is 0 Å². The molecule has 1 aromatic carbocycles. The van der Waals surface area contributed by atoms with Gasteiger partial charge in [0.1, 0.15) is 5.75 Å².